The number of nitrogens with one attached hydrogen (secondary N) is 2. The number of carbonyl (C=O) groups excluding carboxylic acids is 2. The molecule has 2 heterocycles. The first-order valence-electron chi connectivity index (χ1n) is 7.22. The number of benzene rings is 1. The molecule has 2 aliphatic rings. The molecule has 1 aromatic rings. The fraction of sp³-hybridized carbons (Fsp3) is 0.467. The largest absolute Gasteiger partial charge is 0.353 e. The van der Waals surface area contributed by atoms with Crippen molar-refractivity contribution in [2.24, 2.45) is 5.92 Å². The molecule has 1 aromatic carbocycles. The number of likely N-dealkylation sites (tertiary alicyclic amines) is 1. The minimum absolute atomic E-state index is 0.112. The predicted molar refractivity (Wildman–Crippen MR) is 76.3 cm³/mol. The van der Waals surface area contributed by atoms with E-state index in [2.05, 4.69) is 10.6 Å². The van der Waals surface area contributed by atoms with Gasteiger partial charge in [-0.15, -0.1) is 0 Å². The van der Waals surface area contributed by atoms with E-state index in [0.717, 1.165) is 12.8 Å². The number of urea groups is 1. The Morgan fingerprint density at radius 3 is 2.81 bits per heavy atom. The first kappa shape index (κ1) is 13.9. The smallest absolute Gasteiger partial charge is 0.321 e. The average Bonchev–Trinajstić information content (AvgIpc) is 2.49. The first-order valence-corrected chi connectivity index (χ1v) is 7.22. The molecule has 0 aromatic heterocycles. The number of anilines is 1. The van der Waals surface area contributed by atoms with Crippen molar-refractivity contribution in [1.29, 1.82) is 0 Å². The molecule has 0 aliphatic carbocycles. The van der Waals surface area contributed by atoms with Crippen LogP contribution in [0.5, 0.6) is 0 Å². The summed E-state index contributed by atoms with van der Waals surface area (Å²) < 4.78 is 12.8. The van der Waals surface area contributed by atoms with Crippen molar-refractivity contribution in [1.82, 2.24) is 10.2 Å². The molecule has 112 valence electrons. The summed E-state index contributed by atoms with van der Waals surface area (Å²) in [6.45, 7) is 1.27. The number of rotatable bonds is 1. The monoisotopic (exact) mass is 291 g/mol. The minimum Gasteiger partial charge on any atom is -0.353 e. The summed E-state index contributed by atoms with van der Waals surface area (Å²) in [5.41, 5.74) is 0.584. The molecule has 3 amide bonds. The lowest BCUT2D eigenvalue weighted by molar-refractivity contribution is -0.125. The van der Waals surface area contributed by atoms with Crippen LogP contribution in [0.25, 0.3) is 0 Å². The zero-order chi connectivity index (χ0) is 14.8. The molecule has 21 heavy (non-hydrogen) atoms. The second-order valence-corrected chi connectivity index (χ2v) is 5.64. The Balaban J connectivity index is 1.58. The highest BCUT2D eigenvalue weighted by molar-refractivity contribution is 5.89. The van der Waals surface area contributed by atoms with Gasteiger partial charge in [-0.1, -0.05) is 0 Å². The summed E-state index contributed by atoms with van der Waals surface area (Å²) in [7, 11) is 0. The Kier molecular flexibility index (Phi) is 3.77. The van der Waals surface area contributed by atoms with Crippen molar-refractivity contribution >= 4 is 17.6 Å². The van der Waals surface area contributed by atoms with Crippen molar-refractivity contribution < 1.29 is 14.0 Å². The molecule has 2 fully saturated rings. The van der Waals surface area contributed by atoms with Crippen LogP contribution in [0.15, 0.2) is 24.3 Å². The molecule has 0 saturated carbocycles. The maximum Gasteiger partial charge on any atom is 0.321 e. The number of amides is 3. The van der Waals surface area contributed by atoms with Gasteiger partial charge in [0.2, 0.25) is 5.91 Å². The van der Waals surface area contributed by atoms with Gasteiger partial charge in [-0.3, -0.25) is 4.79 Å². The molecule has 2 aliphatic heterocycles. The number of fused-ring (bicyclic) bond motifs is 1. The lowest BCUT2D eigenvalue weighted by Crippen LogP contribution is -2.55. The van der Waals surface area contributed by atoms with Crippen molar-refractivity contribution in [3.8, 4) is 0 Å². The standard InChI is InChI=1S/C15H18FN3O2/c16-11-2-4-12(5-3-11)17-15(21)19-8-7-13-10(9-19)1-6-14(20)18-13/h2-5,10,13H,1,6-9H2,(H,17,21)(H,18,20). The molecule has 0 bridgehead atoms. The Hall–Kier alpha value is -2.11. The van der Waals surface area contributed by atoms with Crippen molar-refractivity contribution in [2.45, 2.75) is 25.3 Å². The fourth-order valence-electron chi connectivity index (χ4n) is 3.03. The zero-order valence-corrected chi connectivity index (χ0v) is 11.6. The molecule has 2 saturated heterocycles. The van der Waals surface area contributed by atoms with Gasteiger partial charge < -0.3 is 15.5 Å². The summed E-state index contributed by atoms with van der Waals surface area (Å²) in [4.78, 5) is 25.4. The number of nitrogens with zero attached hydrogens (tertiary/aromatic N) is 1. The average molecular weight is 291 g/mol. The van der Waals surface area contributed by atoms with Crippen molar-refractivity contribution in [2.75, 3.05) is 18.4 Å². The number of halogens is 1. The van der Waals surface area contributed by atoms with Crippen LogP contribution in [-0.2, 0) is 4.79 Å². The zero-order valence-electron chi connectivity index (χ0n) is 11.6. The first-order chi connectivity index (χ1) is 10.1. The van der Waals surface area contributed by atoms with Gasteiger partial charge in [0.05, 0.1) is 0 Å². The Morgan fingerprint density at radius 1 is 1.29 bits per heavy atom. The van der Waals surface area contributed by atoms with Crippen LogP contribution in [0.1, 0.15) is 19.3 Å². The van der Waals surface area contributed by atoms with E-state index in [-0.39, 0.29) is 23.8 Å². The molecule has 0 radical (unpaired) electrons. The topological polar surface area (TPSA) is 61.4 Å². The molecule has 0 spiro atoms. The molecule has 2 atom stereocenters. The van der Waals surface area contributed by atoms with Crippen LogP contribution in [0, 0.1) is 11.7 Å². The van der Waals surface area contributed by atoms with Crippen LogP contribution < -0.4 is 10.6 Å². The van der Waals surface area contributed by atoms with Gasteiger partial charge in [0, 0.05) is 31.2 Å². The highest BCUT2D eigenvalue weighted by Gasteiger charge is 2.35. The Bertz CT molecular complexity index is 546. The molecule has 5 nitrogen and oxygen atoms in total. The summed E-state index contributed by atoms with van der Waals surface area (Å²) in [6.07, 6.45) is 2.15. The molecular weight excluding hydrogens is 273 g/mol. The van der Waals surface area contributed by atoms with E-state index in [1.54, 1.807) is 17.0 Å². The summed E-state index contributed by atoms with van der Waals surface area (Å²) in [6, 6.07) is 5.75. The number of hydrogen-bond donors (Lipinski definition) is 2. The van der Waals surface area contributed by atoms with Gasteiger partial charge in [-0.2, -0.15) is 0 Å². The fourth-order valence-corrected chi connectivity index (χ4v) is 3.03. The summed E-state index contributed by atoms with van der Waals surface area (Å²) >= 11 is 0. The van der Waals surface area contributed by atoms with Crippen LogP contribution in [-0.4, -0.2) is 36.0 Å². The third-order valence-electron chi connectivity index (χ3n) is 4.21. The molecule has 3 rings (SSSR count). The molecule has 2 unspecified atom stereocenters. The number of piperidine rings is 2. The van der Waals surface area contributed by atoms with Gasteiger partial charge in [0.1, 0.15) is 5.82 Å². The third-order valence-corrected chi connectivity index (χ3v) is 4.21. The van der Waals surface area contributed by atoms with Crippen LogP contribution in [0.4, 0.5) is 14.9 Å². The lowest BCUT2D eigenvalue weighted by atomic mass is 9.85. The van der Waals surface area contributed by atoms with E-state index in [9.17, 15) is 14.0 Å². The normalized spacial score (nSPS) is 25.0. The van der Waals surface area contributed by atoms with E-state index >= 15 is 0 Å². The summed E-state index contributed by atoms with van der Waals surface area (Å²) in [5, 5.41) is 5.77. The third kappa shape index (κ3) is 3.15. The second kappa shape index (κ2) is 5.71. The SMILES string of the molecule is O=C1CCC2CN(C(=O)Nc3ccc(F)cc3)CCC2N1. The molecule has 6 heteroatoms. The van der Waals surface area contributed by atoms with E-state index in [4.69, 9.17) is 0 Å². The van der Waals surface area contributed by atoms with Crippen LogP contribution in [0.2, 0.25) is 0 Å². The van der Waals surface area contributed by atoms with Gasteiger partial charge in [0.25, 0.3) is 0 Å². The van der Waals surface area contributed by atoms with Crippen LogP contribution >= 0.6 is 0 Å². The maximum absolute atomic E-state index is 12.8. The highest BCUT2D eigenvalue weighted by atomic mass is 19.1. The van der Waals surface area contributed by atoms with E-state index in [1.807, 2.05) is 0 Å². The Labute approximate surface area is 122 Å². The summed E-state index contributed by atoms with van der Waals surface area (Å²) in [5.74, 6) is 0.114. The Morgan fingerprint density at radius 2 is 2.05 bits per heavy atom. The molecule has 2 N–H and O–H groups in total. The van der Waals surface area contributed by atoms with Gasteiger partial charge >= 0.3 is 6.03 Å². The van der Waals surface area contributed by atoms with Gasteiger partial charge in [0.15, 0.2) is 0 Å². The van der Waals surface area contributed by atoms with E-state index in [0.29, 0.717) is 31.1 Å². The number of carbonyl (C=O) groups is 2. The number of hydrogen-bond acceptors (Lipinski definition) is 2. The minimum atomic E-state index is -0.327. The van der Waals surface area contributed by atoms with Gasteiger partial charge in [-0.25, -0.2) is 9.18 Å². The second-order valence-electron chi connectivity index (χ2n) is 5.64. The quantitative estimate of drug-likeness (QED) is 0.831. The van der Waals surface area contributed by atoms with E-state index in [1.165, 1.54) is 12.1 Å². The van der Waals surface area contributed by atoms with E-state index < -0.39 is 0 Å². The van der Waals surface area contributed by atoms with Crippen LogP contribution in [0.3, 0.4) is 0 Å². The highest BCUT2D eigenvalue weighted by Crippen LogP contribution is 2.25. The van der Waals surface area contributed by atoms with Crippen molar-refractivity contribution in [3.05, 3.63) is 30.1 Å². The lowest BCUT2D eigenvalue weighted by Gasteiger charge is -2.41. The molecular formula is C15H18FN3O2. The maximum atomic E-state index is 12.8. The van der Waals surface area contributed by atoms with Gasteiger partial charge in [-0.05, 0) is 43.0 Å². The predicted octanol–water partition coefficient (Wildman–Crippen LogP) is 1.96. The van der Waals surface area contributed by atoms with Crippen molar-refractivity contribution in [3.63, 3.8) is 0 Å².